The highest BCUT2D eigenvalue weighted by Gasteiger charge is 2.24. The van der Waals surface area contributed by atoms with Gasteiger partial charge in [-0.3, -0.25) is 10.1 Å². The molecule has 1 rings (SSSR count). The van der Waals surface area contributed by atoms with Crippen LogP contribution in [0.25, 0.3) is 0 Å². The van der Waals surface area contributed by atoms with E-state index in [2.05, 4.69) is 5.32 Å². The quantitative estimate of drug-likeness (QED) is 0.634. The lowest BCUT2D eigenvalue weighted by Crippen LogP contribution is -2.45. The summed E-state index contributed by atoms with van der Waals surface area (Å²) in [6.45, 7) is 1.94. The number of aliphatic hydroxyl groups is 1. The molecule has 1 fully saturated rings. The first-order valence-corrected chi connectivity index (χ1v) is 5.31. The average molecular weight is 201 g/mol. The standard InChI is InChI=1S/C10H19NO3/c1-2-14-10(13)9(7-12)11-8-5-3-4-6-8/h8-9,11-12H,2-7H2,1H3. The van der Waals surface area contributed by atoms with Crippen molar-refractivity contribution in [1.82, 2.24) is 5.32 Å². The molecule has 1 unspecified atom stereocenters. The number of hydrogen-bond acceptors (Lipinski definition) is 4. The van der Waals surface area contributed by atoms with Gasteiger partial charge in [0.15, 0.2) is 0 Å². The van der Waals surface area contributed by atoms with Gasteiger partial charge in [0, 0.05) is 6.04 Å². The first kappa shape index (κ1) is 11.5. The van der Waals surface area contributed by atoms with Gasteiger partial charge in [0.05, 0.1) is 13.2 Å². The van der Waals surface area contributed by atoms with E-state index in [9.17, 15) is 4.79 Å². The molecule has 0 spiro atoms. The Kier molecular flexibility index (Phi) is 4.90. The largest absolute Gasteiger partial charge is 0.465 e. The highest BCUT2D eigenvalue weighted by atomic mass is 16.5. The number of carbonyl (C=O) groups is 1. The summed E-state index contributed by atoms with van der Waals surface area (Å²) in [4.78, 5) is 11.3. The van der Waals surface area contributed by atoms with E-state index in [0.29, 0.717) is 12.6 Å². The number of esters is 1. The first-order chi connectivity index (χ1) is 6.77. The van der Waals surface area contributed by atoms with Crippen molar-refractivity contribution in [3.63, 3.8) is 0 Å². The van der Waals surface area contributed by atoms with Crippen LogP contribution >= 0.6 is 0 Å². The lowest BCUT2D eigenvalue weighted by Gasteiger charge is -2.19. The first-order valence-electron chi connectivity index (χ1n) is 5.31. The fourth-order valence-corrected chi connectivity index (χ4v) is 1.82. The van der Waals surface area contributed by atoms with Crippen LogP contribution in [-0.4, -0.2) is 36.4 Å². The molecule has 0 radical (unpaired) electrons. The van der Waals surface area contributed by atoms with E-state index in [4.69, 9.17) is 9.84 Å². The molecule has 0 amide bonds. The molecule has 82 valence electrons. The van der Waals surface area contributed by atoms with Gasteiger partial charge in [-0.05, 0) is 19.8 Å². The van der Waals surface area contributed by atoms with E-state index in [-0.39, 0.29) is 12.6 Å². The van der Waals surface area contributed by atoms with Crippen molar-refractivity contribution in [3.05, 3.63) is 0 Å². The molecule has 0 saturated heterocycles. The molecule has 1 aliphatic carbocycles. The maximum absolute atomic E-state index is 11.3. The van der Waals surface area contributed by atoms with E-state index in [1.807, 2.05) is 0 Å². The van der Waals surface area contributed by atoms with Gasteiger partial charge in [0.2, 0.25) is 0 Å². The Hall–Kier alpha value is -0.610. The molecule has 2 N–H and O–H groups in total. The molecule has 0 aromatic carbocycles. The zero-order valence-electron chi connectivity index (χ0n) is 8.66. The Labute approximate surface area is 84.6 Å². The third-order valence-corrected chi connectivity index (χ3v) is 2.55. The van der Waals surface area contributed by atoms with Crippen molar-refractivity contribution in [2.45, 2.75) is 44.7 Å². The van der Waals surface area contributed by atoms with Crippen molar-refractivity contribution in [2.24, 2.45) is 0 Å². The normalized spacial score (nSPS) is 19.6. The summed E-state index contributed by atoms with van der Waals surface area (Å²) in [7, 11) is 0. The van der Waals surface area contributed by atoms with Gasteiger partial charge >= 0.3 is 5.97 Å². The fourth-order valence-electron chi connectivity index (χ4n) is 1.82. The zero-order valence-corrected chi connectivity index (χ0v) is 8.66. The average Bonchev–Trinajstić information content (AvgIpc) is 2.66. The van der Waals surface area contributed by atoms with Crippen LogP contribution in [0.1, 0.15) is 32.6 Å². The lowest BCUT2D eigenvalue weighted by molar-refractivity contribution is -0.146. The summed E-state index contributed by atoms with van der Waals surface area (Å²) in [6, 6.07) is -0.172. The summed E-state index contributed by atoms with van der Waals surface area (Å²) in [5.74, 6) is -0.345. The van der Waals surface area contributed by atoms with Crippen LogP contribution in [-0.2, 0) is 9.53 Å². The van der Waals surface area contributed by atoms with Crippen LogP contribution in [0.3, 0.4) is 0 Å². The summed E-state index contributed by atoms with van der Waals surface area (Å²) in [6.07, 6.45) is 4.60. The Morgan fingerprint density at radius 3 is 2.71 bits per heavy atom. The van der Waals surface area contributed by atoms with Crippen molar-refractivity contribution in [3.8, 4) is 0 Å². The molecule has 0 bridgehead atoms. The number of ether oxygens (including phenoxy) is 1. The van der Waals surface area contributed by atoms with Gasteiger partial charge in [-0.1, -0.05) is 12.8 Å². The topological polar surface area (TPSA) is 58.6 Å². The second-order valence-electron chi connectivity index (χ2n) is 3.64. The molecule has 0 heterocycles. The maximum Gasteiger partial charge on any atom is 0.325 e. The van der Waals surface area contributed by atoms with Crippen molar-refractivity contribution >= 4 is 5.97 Å². The minimum atomic E-state index is -0.543. The van der Waals surface area contributed by atoms with E-state index in [1.54, 1.807) is 6.92 Å². The van der Waals surface area contributed by atoms with Crippen LogP contribution in [0.2, 0.25) is 0 Å². The van der Waals surface area contributed by atoms with E-state index in [1.165, 1.54) is 12.8 Å². The minimum Gasteiger partial charge on any atom is -0.465 e. The van der Waals surface area contributed by atoms with Crippen LogP contribution in [0.15, 0.2) is 0 Å². The third kappa shape index (κ3) is 3.27. The van der Waals surface area contributed by atoms with Crippen LogP contribution in [0.4, 0.5) is 0 Å². The van der Waals surface area contributed by atoms with Crippen LogP contribution < -0.4 is 5.32 Å². The summed E-state index contributed by atoms with van der Waals surface area (Å²) in [5, 5.41) is 12.1. The van der Waals surface area contributed by atoms with E-state index in [0.717, 1.165) is 12.8 Å². The van der Waals surface area contributed by atoms with Crippen LogP contribution in [0, 0.1) is 0 Å². The number of nitrogens with one attached hydrogen (secondary N) is 1. The maximum atomic E-state index is 11.3. The van der Waals surface area contributed by atoms with Gasteiger partial charge in [-0.2, -0.15) is 0 Å². The summed E-state index contributed by atoms with van der Waals surface area (Å²) >= 11 is 0. The van der Waals surface area contributed by atoms with Gasteiger partial charge in [-0.15, -0.1) is 0 Å². The Morgan fingerprint density at radius 1 is 1.57 bits per heavy atom. The molecule has 1 saturated carbocycles. The smallest absolute Gasteiger partial charge is 0.325 e. The van der Waals surface area contributed by atoms with Crippen molar-refractivity contribution in [2.75, 3.05) is 13.2 Å². The minimum absolute atomic E-state index is 0.185. The van der Waals surface area contributed by atoms with Crippen molar-refractivity contribution < 1.29 is 14.6 Å². The molecule has 0 aromatic heterocycles. The number of rotatable bonds is 5. The molecule has 1 atom stereocenters. The predicted molar refractivity (Wildman–Crippen MR) is 52.9 cm³/mol. The molecule has 14 heavy (non-hydrogen) atoms. The number of hydrogen-bond donors (Lipinski definition) is 2. The monoisotopic (exact) mass is 201 g/mol. The van der Waals surface area contributed by atoms with Gasteiger partial charge in [0.1, 0.15) is 6.04 Å². The molecular weight excluding hydrogens is 182 g/mol. The fraction of sp³-hybridized carbons (Fsp3) is 0.900. The SMILES string of the molecule is CCOC(=O)C(CO)NC1CCCC1. The predicted octanol–water partition coefficient (Wildman–Crippen LogP) is 0.443. The Bertz CT molecular complexity index is 178. The third-order valence-electron chi connectivity index (χ3n) is 2.55. The Morgan fingerprint density at radius 2 is 2.21 bits per heavy atom. The summed E-state index contributed by atoms with van der Waals surface area (Å²) in [5.41, 5.74) is 0. The van der Waals surface area contributed by atoms with Crippen LogP contribution in [0.5, 0.6) is 0 Å². The molecule has 1 aliphatic rings. The van der Waals surface area contributed by atoms with Gasteiger partial charge < -0.3 is 9.84 Å². The molecule has 4 nitrogen and oxygen atoms in total. The second-order valence-corrected chi connectivity index (χ2v) is 3.64. The molecule has 0 aromatic rings. The number of carbonyl (C=O) groups excluding carboxylic acids is 1. The van der Waals surface area contributed by atoms with Gasteiger partial charge in [0.25, 0.3) is 0 Å². The van der Waals surface area contributed by atoms with E-state index >= 15 is 0 Å². The summed E-state index contributed by atoms with van der Waals surface area (Å²) < 4.78 is 4.84. The Balaban J connectivity index is 2.33. The molecule has 0 aliphatic heterocycles. The molecule has 4 heteroatoms. The van der Waals surface area contributed by atoms with E-state index < -0.39 is 6.04 Å². The van der Waals surface area contributed by atoms with Gasteiger partial charge in [-0.25, -0.2) is 0 Å². The zero-order chi connectivity index (χ0) is 10.4. The highest BCUT2D eigenvalue weighted by Crippen LogP contribution is 2.18. The van der Waals surface area contributed by atoms with Crippen molar-refractivity contribution in [1.29, 1.82) is 0 Å². The molecular formula is C10H19NO3. The second kappa shape index (κ2) is 5.98. The number of aliphatic hydroxyl groups excluding tert-OH is 1. The lowest BCUT2D eigenvalue weighted by atomic mass is 10.2. The highest BCUT2D eigenvalue weighted by molar-refractivity contribution is 5.75.